The number of rotatable bonds is 4. The Morgan fingerprint density at radius 2 is 2.05 bits per heavy atom. The van der Waals surface area contributed by atoms with Gasteiger partial charge in [0.1, 0.15) is 23.3 Å². The lowest BCUT2D eigenvalue weighted by molar-refractivity contribution is -0.141. The second-order valence-corrected chi connectivity index (χ2v) is 4.98. The normalized spacial score (nSPS) is 11.5. The Kier molecular flexibility index (Phi) is 4.40. The van der Waals surface area contributed by atoms with Crippen molar-refractivity contribution in [1.29, 1.82) is 5.26 Å². The highest BCUT2D eigenvalue weighted by molar-refractivity contribution is 5.55. The molecule has 0 radical (unpaired) electrons. The minimum atomic E-state index is -4.56. The van der Waals surface area contributed by atoms with Crippen LogP contribution in [0.2, 0.25) is 0 Å². The monoisotopic (exact) mass is 309 g/mol. The van der Waals surface area contributed by atoms with Gasteiger partial charge in [-0.05, 0) is 38.1 Å². The molecule has 0 aliphatic rings. The van der Waals surface area contributed by atoms with Crippen LogP contribution < -0.4 is 4.90 Å². The van der Waals surface area contributed by atoms with Crippen LogP contribution >= 0.6 is 0 Å². The highest BCUT2D eigenvalue weighted by Gasteiger charge is 2.34. The number of aromatic nitrogens is 1. The fraction of sp³-hybridized carbons (Fsp3) is 0.333. The number of alkyl halides is 3. The van der Waals surface area contributed by atoms with Gasteiger partial charge in [-0.3, -0.25) is 0 Å². The summed E-state index contributed by atoms with van der Waals surface area (Å²) in [6.07, 6.45) is -3.07. The van der Waals surface area contributed by atoms with Crippen LogP contribution in [-0.2, 0) is 12.7 Å². The highest BCUT2D eigenvalue weighted by Crippen LogP contribution is 2.31. The Balaban J connectivity index is 2.47. The van der Waals surface area contributed by atoms with E-state index in [2.05, 4.69) is 4.98 Å². The maximum absolute atomic E-state index is 12.9. The summed E-state index contributed by atoms with van der Waals surface area (Å²) in [6.45, 7) is 3.85. The maximum atomic E-state index is 12.9. The maximum Gasteiger partial charge on any atom is 0.433 e. The largest absolute Gasteiger partial charge is 0.467 e. The van der Waals surface area contributed by atoms with Gasteiger partial charge in [-0.25, -0.2) is 4.98 Å². The predicted molar refractivity (Wildman–Crippen MR) is 74.0 cm³/mol. The molecule has 7 heteroatoms. The van der Waals surface area contributed by atoms with Crippen LogP contribution in [0, 0.1) is 11.3 Å². The Hall–Kier alpha value is -2.49. The van der Waals surface area contributed by atoms with Gasteiger partial charge in [0, 0.05) is 6.04 Å². The number of anilines is 1. The fourth-order valence-corrected chi connectivity index (χ4v) is 1.98. The lowest BCUT2D eigenvalue weighted by Crippen LogP contribution is -2.32. The molecule has 0 N–H and O–H groups in total. The molecular formula is C15H14F3N3O. The predicted octanol–water partition coefficient (Wildman–Crippen LogP) is 3.98. The van der Waals surface area contributed by atoms with E-state index in [4.69, 9.17) is 9.68 Å². The molecule has 0 aromatic carbocycles. The zero-order valence-corrected chi connectivity index (χ0v) is 12.1. The fourth-order valence-electron chi connectivity index (χ4n) is 1.98. The summed E-state index contributed by atoms with van der Waals surface area (Å²) in [7, 11) is 0. The van der Waals surface area contributed by atoms with Crippen molar-refractivity contribution in [3.63, 3.8) is 0 Å². The first-order chi connectivity index (χ1) is 10.3. The third-order valence-electron chi connectivity index (χ3n) is 3.09. The standard InChI is InChI=1S/C15H14F3N3O/c1-10(2)21(9-12-4-3-7-22-12)14-11(8-19)5-6-13(20-14)15(16,17)18/h3-7,10H,9H2,1-2H3. The number of nitrogens with zero attached hydrogens (tertiary/aromatic N) is 3. The van der Waals surface area contributed by atoms with Gasteiger partial charge in [0.05, 0.1) is 18.4 Å². The molecule has 0 saturated heterocycles. The third kappa shape index (κ3) is 3.39. The number of hydrogen-bond donors (Lipinski definition) is 0. The van der Waals surface area contributed by atoms with E-state index in [0.29, 0.717) is 5.76 Å². The van der Waals surface area contributed by atoms with E-state index in [0.717, 1.165) is 12.1 Å². The van der Waals surface area contributed by atoms with Crippen molar-refractivity contribution in [2.24, 2.45) is 0 Å². The van der Waals surface area contributed by atoms with Gasteiger partial charge >= 0.3 is 6.18 Å². The molecule has 0 spiro atoms. The summed E-state index contributed by atoms with van der Waals surface area (Å²) >= 11 is 0. The Morgan fingerprint density at radius 1 is 1.32 bits per heavy atom. The molecule has 116 valence electrons. The molecule has 0 aliphatic heterocycles. The van der Waals surface area contributed by atoms with E-state index in [1.165, 1.54) is 6.26 Å². The molecule has 0 aliphatic carbocycles. The smallest absolute Gasteiger partial charge is 0.433 e. The molecule has 0 fully saturated rings. The van der Waals surface area contributed by atoms with Crippen LogP contribution in [0.5, 0.6) is 0 Å². The molecule has 2 aromatic heterocycles. The van der Waals surface area contributed by atoms with Crippen molar-refractivity contribution < 1.29 is 17.6 Å². The first-order valence-electron chi connectivity index (χ1n) is 6.60. The van der Waals surface area contributed by atoms with E-state index >= 15 is 0 Å². The summed E-state index contributed by atoms with van der Waals surface area (Å²) in [6, 6.07) is 7.09. The van der Waals surface area contributed by atoms with Crippen molar-refractivity contribution in [3.05, 3.63) is 47.5 Å². The summed E-state index contributed by atoms with van der Waals surface area (Å²) in [5.41, 5.74) is -0.931. The summed E-state index contributed by atoms with van der Waals surface area (Å²) in [5, 5.41) is 9.15. The second-order valence-electron chi connectivity index (χ2n) is 4.98. The van der Waals surface area contributed by atoms with Crippen LogP contribution in [0.4, 0.5) is 19.0 Å². The molecule has 0 atom stereocenters. The minimum absolute atomic E-state index is 0.00345. The topological polar surface area (TPSA) is 53.1 Å². The quantitative estimate of drug-likeness (QED) is 0.857. The molecule has 0 unspecified atom stereocenters. The van der Waals surface area contributed by atoms with E-state index in [1.54, 1.807) is 17.0 Å². The van der Waals surface area contributed by atoms with E-state index < -0.39 is 11.9 Å². The van der Waals surface area contributed by atoms with Gasteiger partial charge in [0.25, 0.3) is 0 Å². The molecule has 0 saturated carbocycles. The van der Waals surface area contributed by atoms with Crippen molar-refractivity contribution >= 4 is 5.82 Å². The Labute approximate surface area is 125 Å². The van der Waals surface area contributed by atoms with Crippen LogP contribution in [0.1, 0.15) is 30.9 Å². The molecule has 2 rings (SSSR count). The summed E-state index contributed by atoms with van der Waals surface area (Å²) in [5.74, 6) is 0.584. The molecule has 0 amide bonds. The van der Waals surface area contributed by atoms with Crippen LogP contribution in [-0.4, -0.2) is 11.0 Å². The zero-order chi connectivity index (χ0) is 16.3. The van der Waals surface area contributed by atoms with Gasteiger partial charge in [-0.2, -0.15) is 18.4 Å². The number of halogens is 3. The Bertz CT molecular complexity index is 672. The lowest BCUT2D eigenvalue weighted by Gasteiger charge is -2.28. The minimum Gasteiger partial charge on any atom is -0.467 e. The Morgan fingerprint density at radius 3 is 2.55 bits per heavy atom. The van der Waals surface area contributed by atoms with Crippen molar-refractivity contribution in [2.45, 2.75) is 32.6 Å². The molecule has 0 bridgehead atoms. The van der Waals surface area contributed by atoms with Gasteiger partial charge < -0.3 is 9.32 Å². The van der Waals surface area contributed by atoms with Crippen molar-refractivity contribution in [1.82, 2.24) is 4.98 Å². The van der Waals surface area contributed by atoms with E-state index in [9.17, 15) is 13.2 Å². The van der Waals surface area contributed by atoms with Crippen molar-refractivity contribution in [3.8, 4) is 6.07 Å². The van der Waals surface area contributed by atoms with Gasteiger partial charge in [0.15, 0.2) is 0 Å². The summed E-state index contributed by atoms with van der Waals surface area (Å²) < 4.78 is 43.8. The average molecular weight is 309 g/mol. The van der Waals surface area contributed by atoms with Crippen LogP contribution in [0.15, 0.2) is 34.9 Å². The SMILES string of the molecule is CC(C)N(Cc1ccco1)c1nc(C(F)(F)F)ccc1C#N. The first kappa shape index (κ1) is 15.9. The van der Waals surface area contributed by atoms with Crippen molar-refractivity contribution in [2.75, 3.05) is 4.90 Å². The molecule has 4 nitrogen and oxygen atoms in total. The molecule has 2 aromatic rings. The van der Waals surface area contributed by atoms with E-state index in [1.807, 2.05) is 19.9 Å². The van der Waals surface area contributed by atoms with Crippen LogP contribution in [0.25, 0.3) is 0 Å². The lowest BCUT2D eigenvalue weighted by atomic mass is 10.2. The van der Waals surface area contributed by atoms with Gasteiger partial charge in [-0.15, -0.1) is 0 Å². The second kappa shape index (κ2) is 6.10. The number of furan rings is 1. The zero-order valence-electron chi connectivity index (χ0n) is 12.1. The average Bonchev–Trinajstić information content (AvgIpc) is 2.96. The number of pyridine rings is 1. The van der Waals surface area contributed by atoms with Gasteiger partial charge in [-0.1, -0.05) is 0 Å². The van der Waals surface area contributed by atoms with E-state index in [-0.39, 0.29) is 24.0 Å². The summed E-state index contributed by atoms with van der Waals surface area (Å²) in [4.78, 5) is 5.26. The number of nitriles is 1. The number of hydrogen-bond acceptors (Lipinski definition) is 4. The van der Waals surface area contributed by atoms with Crippen LogP contribution in [0.3, 0.4) is 0 Å². The molecule has 2 heterocycles. The highest BCUT2D eigenvalue weighted by atomic mass is 19.4. The third-order valence-corrected chi connectivity index (χ3v) is 3.09. The molecular weight excluding hydrogens is 295 g/mol. The van der Waals surface area contributed by atoms with Gasteiger partial charge in [0.2, 0.25) is 0 Å². The molecule has 22 heavy (non-hydrogen) atoms. The first-order valence-corrected chi connectivity index (χ1v) is 6.60.